The number of Topliss-reactive ketones (excluding diaryl/α,β-unsaturated/α-hetero) is 1. The second-order valence-electron chi connectivity index (χ2n) is 7.02. The number of ketones is 1. The Labute approximate surface area is 186 Å². The van der Waals surface area contributed by atoms with E-state index in [1.165, 1.54) is 6.92 Å². The first-order valence-electron chi connectivity index (χ1n) is 10.2. The standard InChI is InChI=1S/C23H25N5O4/c1-4-16-7-5-6-8-19(16)25-23-27-20(26-22(24)28-23)13-31-21(30)15(3)32-18-11-9-17(10-12-18)14(2)29/h5-12,15H,4,13H2,1-3H3,(H3,24,25,26,27,28)/t15-/m1/s1. The molecular weight excluding hydrogens is 410 g/mol. The largest absolute Gasteiger partial charge is 0.479 e. The SMILES string of the molecule is CCc1ccccc1Nc1nc(N)nc(COC(=O)[C@@H](C)Oc2ccc(C(C)=O)cc2)n1. The van der Waals surface area contributed by atoms with Crippen LogP contribution in [0.3, 0.4) is 0 Å². The highest BCUT2D eigenvalue weighted by molar-refractivity contribution is 5.94. The van der Waals surface area contributed by atoms with Crippen LogP contribution in [0.2, 0.25) is 0 Å². The smallest absolute Gasteiger partial charge is 0.347 e. The first kappa shape index (κ1) is 22.7. The number of rotatable bonds is 9. The molecule has 9 heteroatoms. The van der Waals surface area contributed by atoms with Gasteiger partial charge in [0.25, 0.3) is 0 Å². The molecule has 166 valence electrons. The lowest BCUT2D eigenvalue weighted by atomic mass is 10.1. The number of para-hydroxylation sites is 1. The molecule has 1 atom stereocenters. The molecule has 0 unspecified atom stereocenters. The molecular formula is C23H25N5O4. The van der Waals surface area contributed by atoms with Crippen LogP contribution in [0.5, 0.6) is 5.75 Å². The number of carbonyl (C=O) groups is 2. The molecule has 0 saturated carbocycles. The molecule has 1 heterocycles. The number of esters is 1. The first-order chi connectivity index (χ1) is 15.4. The van der Waals surface area contributed by atoms with E-state index in [9.17, 15) is 9.59 Å². The minimum absolute atomic E-state index is 0.0115. The topological polar surface area (TPSA) is 129 Å². The predicted octanol–water partition coefficient (Wildman–Crippen LogP) is 3.47. The summed E-state index contributed by atoms with van der Waals surface area (Å²) in [5.74, 6) is 0.292. The summed E-state index contributed by atoms with van der Waals surface area (Å²) in [5, 5.41) is 3.13. The van der Waals surface area contributed by atoms with Gasteiger partial charge in [-0.05, 0) is 56.2 Å². The monoisotopic (exact) mass is 435 g/mol. The maximum Gasteiger partial charge on any atom is 0.347 e. The number of carbonyl (C=O) groups excluding carboxylic acids is 2. The van der Waals surface area contributed by atoms with Crippen LogP contribution in [0, 0.1) is 0 Å². The van der Waals surface area contributed by atoms with Crippen molar-refractivity contribution in [3.8, 4) is 5.75 Å². The van der Waals surface area contributed by atoms with Crippen molar-refractivity contribution < 1.29 is 19.1 Å². The van der Waals surface area contributed by atoms with Gasteiger partial charge in [0.1, 0.15) is 5.75 Å². The highest BCUT2D eigenvalue weighted by Gasteiger charge is 2.18. The zero-order valence-corrected chi connectivity index (χ0v) is 18.2. The lowest BCUT2D eigenvalue weighted by Crippen LogP contribution is -2.26. The second kappa shape index (κ2) is 10.3. The zero-order chi connectivity index (χ0) is 23.1. The molecule has 3 rings (SSSR count). The number of benzene rings is 2. The average Bonchev–Trinajstić information content (AvgIpc) is 2.77. The summed E-state index contributed by atoms with van der Waals surface area (Å²) in [6, 6.07) is 14.3. The van der Waals surface area contributed by atoms with E-state index in [4.69, 9.17) is 15.2 Å². The summed E-state index contributed by atoms with van der Waals surface area (Å²) in [5.41, 5.74) is 8.32. The predicted molar refractivity (Wildman–Crippen MR) is 120 cm³/mol. The van der Waals surface area contributed by atoms with E-state index in [1.807, 2.05) is 31.2 Å². The van der Waals surface area contributed by atoms with Gasteiger partial charge in [0, 0.05) is 11.3 Å². The molecule has 0 aliphatic carbocycles. The maximum atomic E-state index is 12.3. The number of aryl methyl sites for hydroxylation is 1. The van der Waals surface area contributed by atoms with Crippen LogP contribution in [0.4, 0.5) is 17.6 Å². The van der Waals surface area contributed by atoms with Gasteiger partial charge < -0.3 is 20.5 Å². The minimum Gasteiger partial charge on any atom is -0.479 e. The highest BCUT2D eigenvalue weighted by Crippen LogP contribution is 2.20. The van der Waals surface area contributed by atoms with Gasteiger partial charge in [-0.2, -0.15) is 15.0 Å². The number of hydrogen-bond donors (Lipinski definition) is 2. The molecule has 0 aliphatic rings. The average molecular weight is 435 g/mol. The Morgan fingerprint density at radius 3 is 2.47 bits per heavy atom. The molecule has 0 amide bonds. The Hall–Kier alpha value is -4.01. The number of anilines is 3. The third-order valence-electron chi connectivity index (χ3n) is 4.59. The van der Waals surface area contributed by atoms with E-state index >= 15 is 0 Å². The van der Waals surface area contributed by atoms with Crippen LogP contribution in [-0.4, -0.2) is 32.8 Å². The van der Waals surface area contributed by atoms with Crippen LogP contribution in [0.15, 0.2) is 48.5 Å². The fourth-order valence-electron chi connectivity index (χ4n) is 2.90. The minimum atomic E-state index is -0.869. The van der Waals surface area contributed by atoms with E-state index < -0.39 is 12.1 Å². The third kappa shape index (κ3) is 6.00. The number of nitrogens with one attached hydrogen (secondary N) is 1. The van der Waals surface area contributed by atoms with E-state index in [0.29, 0.717) is 11.3 Å². The van der Waals surface area contributed by atoms with Gasteiger partial charge in [-0.25, -0.2) is 4.79 Å². The van der Waals surface area contributed by atoms with Crippen molar-refractivity contribution in [1.82, 2.24) is 15.0 Å². The van der Waals surface area contributed by atoms with Crippen molar-refractivity contribution in [1.29, 1.82) is 0 Å². The lowest BCUT2D eigenvalue weighted by molar-refractivity contribution is -0.152. The second-order valence-corrected chi connectivity index (χ2v) is 7.02. The van der Waals surface area contributed by atoms with Crippen molar-refractivity contribution in [2.24, 2.45) is 0 Å². The Kier molecular flexibility index (Phi) is 7.33. The number of nitrogen functional groups attached to an aromatic ring is 1. The Morgan fingerprint density at radius 1 is 1.06 bits per heavy atom. The maximum absolute atomic E-state index is 12.3. The van der Waals surface area contributed by atoms with Crippen LogP contribution >= 0.6 is 0 Å². The molecule has 0 aliphatic heterocycles. The Bertz CT molecular complexity index is 1100. The normalized spacial score (nSPS) is 11.5. The van der Waals surface area contributed by atoms with Gasteiger partial charge in [-0.3, -0.25) is 4.79 Å². The lowest BCUT2D eigenvalue weighted by Gasteiger charge is -2.14. The quantitative estimate of drug-likeness (QED) is 0.383. The fraction of sp³-hybridized carbons (Fsp3) is 0.261. The molecule has 0 radical (unpaired) electrons. The van der Waals surface area contributed by atoms with Gasteiger partial charge in [0.05, 0.1) is 0 Å². The van der Waals surface area contributed by atoms with Gasteiger partial charge in [-0.1, -0.05) is 25.1 Å². The van der Waals surface area contributed by atoms with Crippen LogP contribution < -0.4 is 15.8 Å². The summed E-state index contributed by atoms with van der Waals surface area (Å²) in [4.78, 5) is 36.1. The summed E-state index contributed by atoms with van der Waals surface area (Å²) in [7, 11) is 0. The van der Waals surface area contributed by atoms with E-state index in [2.05, 4.69) is 20.3 Å². The summed E-state index contributed by atoms with van der Waals surface area (Å²) < 4.78 is 10.9. The van der Waals surface area contributed by atoms with Gasteiger partial charge in [-0.15, -0.1) is 0 Å². The van der Waals surface area contributed by atoms with E-state index in [1.54, 1.807) is 31.2 Å². The molecule has 3 aromatic rings. The summed E-state index contributed by atoms with van der Waals surface area (Å²) in [6.45, 7) is 4.91. The van der Waals surface area contributed by atoms with E-state index in [-0.39, 0.29) is 30.1 Å². The summed E-state index contributed by atoms with van der Waals surface area (Å²) in [6.07, 6.45) is -0.0322. The number of nitrogens with two attached hydrogens (primary N) is 1. The third-order valence-corrected chi connectivity index (χ3v) is 4.59. The molecule has 0 spiro atoms. The van der Waals surface area contributed by atoms with E-state index in [0.717, 1.165) is 17.7 Å². The van der Waals surface area contributed by atoms with Gasteiger partial charge in [0.2, 0.25) is 11.9 Å². The zero-order valence-electron chi connectivity index (χ0n) is 18.2. The number of hydrogen-bond acceptors (Lipinski definition) is 9. The van der Waals surface area contributed by atoms with Crippen molar-refractivity contribution in [3.05, 3.63) is 65.5 Å². The molecule has 0 bridgehead atoms. The van der Waals surface area contributed by atoms with Gasteiger partial charge in [0.15, 0.2) is 24.3 Å². The Morgan fingerprint density at radius 2 is 1.78 bits per heavy atom. The Balaban J connectivity index is 1.60. The number of aromatic nitrogens is 3. The van der Waals surface area contributed by atoms with Crippen molar-refractivity contribution >= 4 is 29.3 Å². The van der Waals surface area contributed by atoms with Gasteiger partial charge >= 0.3 is 5.97 Å². The van der Waals surface area contributed by atoms with Crippen LogP contribution in [0.25, 0.3) is 0 Å². The molecule has 32 heavy (non-hydrogen) atoms. The number of nitrogens with zero attached hydrogens (tertiary/aromatic N) is 3. The van der Waals surface area contributed by atoms with Crippen molar-refractivity contribution in [3.63, 3.8) is 0 Å². The molecule has 0 fully saturated rings. The summed E-state index contributed by atoms with van der Waals surface area (Å²) >= 11 is 0. The molecule has 0 saturated heterocycles. The number of ether oxygens (including phenoxy) is 2. The van der Waals surface area contributed by atoms with Crippen molar-refractivity contribution in [2.75, 3.05) is 11.1 Å². The van der Waals surface area contributed by atoms with Crippen LogP contribution in [-0.2, 0) is 22.6 Å². The highest BCUT2D eigenvalue weighted by atomic mass is 16.6. The molecule has 9 nitrogen and oxygen atoms in total. The fourth-order valence-corrected chi connectivity index (χ4v) is 2.90. The molecule has 3 N–H and O–H groups in total. The molecule has 1 aromatic heterocycles. The van der Waals surface area contributed by atoms with Crippen molar-refractivity contribution in [2.45, 2.75) is 39.9 Å². The van der Waals surface area contributed by atoms with Crippen LogP contribution in [0.1, 0.15) is 42.5 Å². The molecule has 2 aromatic carbocycles. The first-order valence-corrected chi connectivity index (χ1v) is 10.2.